The molecule has 0 heterocycles. The van der Waals surface area contributed by atoms with Gasteiger partial charge < -0.3 is 15.0 Å². The molecule has 0 fully saturated rings. The number of hydrogen-bond donors (Lipinski definition) is 1. The van der Waals surface area contributed by atoms with Gasteiger partial charge in [-0.25, -0.2) is 0 Å². The molecule has 0 aliphatic carbocycles. The van der Waals surface area contributed by atoms with Gasteiger partial charge in [-0.15, -0.1) is 0 Å². The molecule has 0 aromatic heterocycles. The third-order valence-corrected chi connectivity index (χ3v) is 3.25. The molecule has 0 radical (unpaired) electrons. The van der Waals surface area contributed by atoms with Crippen LogP contribution in [0.25, 0.3) is 0 Å². The molecular formula is C13H17BrN2O3. The van der Waals surface area contributed by atoms with E-state index in [0.29, 0.717) is 23.2 Å². The van der Waals surface area contributed by atoms with Crippen LogP contribution in [0.1, 0.15) is 10.4 Å². The number of ether oxygens (including phenoxy) is 1. The number of benzene rings is 1. The minimum absolute atomic E-state index is 0.0739. The van der Waals surface area contributed by atoms with Crippen molar-refractivity contribution in [2.75, 3.05) is 38.8 Å². The maximum absolute atomic E-state index is 11.6. The van der Waals surface area contributed by atoms with E-state index in [2.05, 4.69) is 21.2 Å². The number of nitrogens with zero attached hydrogens (tertiary/aromatic N) is 1. The molecule has 5 nitrogen and oxygen atoms in total. The summed E-state index contributed by atoms with van der Waals surface area (Å²) in [5.74, 6) is -0.0739. The summed E-state index contributed by atoms with van der Waals surface area (Å²) in [4.78, 5) is 24.2. The topological polar surface area (TPSA) is 58.6 Å². The van der Waals surface area contributed by atoms with E-state index < -0.39 is 0 Å². The van der Waals surface area contributed by atoms with E-state index in [1.54, 1.807) is 19.2 Å². The van der Waals surface area contributed by atoms with Crippen LogP contribution in [0.3, 0.4) is 0 Å². The second kappa shape index (κ2) is 7.91. The van der Waals surface area contributed by atoms with Crippen LogP contribution in [-0.2, 0) is 9.53 Å². The lowest BCUT2D eigenvalue weighted by atomic mass is 10.2. The third kappa shape index (κ3) is 5.00. The van der Waals surface area contributed by atoms with Gasteiger partial charge in [0.05, 0.1) is 13.2 Å². The maximum atomic E-state index is 11.6. The lowest BCUT2D eigenvalue weighted by Crippen LogP contribution is -2.36. The predicted molar refractivity (Wildman–Crippen MR) is 77.7 cm³/mol. The summed E-state index contributed by atoms with van der Waals surface area (Å²) in [7, 11) is 3.41. The SMILES string of the molecule is COCCNC(=O)CN(C)c1ccc(C=O)c(Br)c1. The fourth-order valence-corrected chi connectivity index (χ4v) is 1.96. The van der Waals surface area contributed by atoms with Crippen LogP contribution in [0, 0.1) is 0 Å². The van der Waals surface area contributed by atoms with Crippen molar-refractivity contribution in [3.8, 4) is 0 Å². The molecular weight excluding hydrogens is 312 g/mol. The van der Waals surface area contributed by atoms with E-state index in [9.17, 15) is 9.59 Å². The van der Waals surface area contributed by atoms with Gasteiger partial charge in [0.1, 0.15) is 0 Å². The Morgan fingerprint density at radius 2 is 2.26 bits per heavy atom. The van der Waals surface area contributed by atoms with Gasteiger partial charge in [0.25, 0.3) is 0 Å². The standard InChI is InChI=1S/C13H17BrN2O3/c1-16(8-13(18)15-5-6-19-2)11-4-3-10(9-17)12(14)7-11/h3-4,7,9H,5-6,8H2,1-2H3,(H,15,18). The highest BCUT2D eigenvalue weighted by Gasteiger charge is 2.08. The first-order valence-corrected chi connectivity index (χ1v) is 6.59. The quantitative estimate of drug-likeness (QED) is 0.608. The number of rotatable bonds is 7. The van der Waals surface area contributed by atoms with Crippen molar-refractivity contribution >= 4 is 33.8 Å². The highest BCUT2D eigenvalue weighted by molar-refractivity contribution is 9.10. The van der Waals surface area contributed by atoms with E-state index in [-0.39, 0.29) is 12.5 Å². The molecule has 1 aromatic rings. The number of anilines is 1. The fraction of sp³-hybridized carbons (Fsp3) is 0.385. The van der Waals surface area contributed by atoms with Crippen molar-refractivity contribution in [2.24, 2.45) is 0 Å². The Hall–Kier alpha value is -1.40. The molecule has 0 saturated heterocycles. The highest BCUT2D eigenvalue weighted by atomic mass is 79.9. The zero-order valence-corrected chi connectivity index (χ0v) is 12.6. The summed E-state index contributed by atoms with van der Waals surface area (Å²) in [5, 5.41) is 2.75. The molecule has 19 heavy (non-hydrogen) atoms. The molecule has 6 heteroatoms. The van der Waals surface area contributed by atoms with E-state index >= 15 is 0 Å². The minimum atomic E-state index is -0.0739. The van der Waals surface area contributed by atoms with Crippen LogP contribution in [0.4, 0.5) is 5.69 Å². The first kappa shape index (κ1) is 15.7. The largest absolute Gasteiger partial charge is 0.383 e. The molecule has 1 N–H and O–H groups in total. The van der Waals surface area contributed by atoms with Crippen molar-refractivity contribution in [3.05, 3.63) is 28.2 Å². The number of carbonyl (C=O) groups excluding carboxylic acids is 2. The van der Waals surface area contributed by atoms with Crippen LogP contribution in [0.5, 0.6) is 0 Å². The third-order valence-electron chi connectivity index (χ3n) is 2.56. The van der Waals surface area contributed by atoms with Gasteiger partial charge in [0.2, 0.25) is 5.91 Å². The van der Waals surface area contributed by atoms with Crippen molar-refractivity contribution < 1.29 is 14.3 Å². The van der Waals surface area contributed by atoms with Gasteiger partial charge in [0, 0.05) is 36.4 Å². The number of halogens is 1. The number of amides is 1. The Morgan fingerprint density at radius 3 is 2.84 bits per heavy atom. The number of methoxy groups -OCH3 is 1. The average molecular weight is 329 g/mol. The fourth-order valence-electron chi connectivity index (χ4n) is 1.50. The van der Waals surface area contributed by atoms with Crippen LogP contribution >= 0.6 is 15.9 Å². The van der Waals surface area contributed by atoms with Crippen molar-refractivity contribution in [1.29, 1.82) is 0 Å². The summed E-state index contributed by atoms with van der Waals surface area (Å²) in [6.07, 6.45) is 0.783. The molecule has 104 valence electrons. The van der Waals surface area contributed by atoms with Gasteiger partial charge in [-0.2, -0.15) is 0 Å². The number of likely N-dealkylation sites (N-methyl/N-ethyl adjacent to an activating group) is 1. The monoisotopic (exact) mass is 328 g/mol. The number of aldehydes is 1. The predicted octanol–water partition coefficient (Wildman–Crippen LogP) is 1.46. The Kier molecular flexibility index (Phi) is 6.52. The zero-order chi connectivity index (χ0) is 14.3. The lowest BCUT2D eigenvalue weighted by molar-refractivity contribution is -0.119. The Balaban J connectivity index is 2.57. The van der Waals surface area contributed by atoms with Crippen LogP contribution in [-0.4, -0.2) is 46.0 Å². The van der Waals surface area contributed by atoms with Crippen LogP contribution in [0.15, 0.2) is 22.7 Å². The molecule has 0 atom stereocenters. The normalized spacial score (nSPS) is 10.1. The van der Waals surface area contributed by atoms with Crippen LogP contribution < -0.4 is 10.2 Å². The van der Waals surface area contributed by atoms with E-state index in [1.165, 1.54) is 0 Å². The van der Waals surface area contributed by atoms with Gasteiger partial charge in [-0.3, -0.25) is 9.59 Å². The molecule has 0 bridgehead atoms. The highest BCUT2D eigenvalue weighted by Crippen LogP contribution is 2.22. The Morgan fingerprint density at radius 1 is 1.53 bits per heavy atom. The van der Waals surface area contributed by atoms with Crippen molar-refractivity contribution in [1.82, 2.24) is 5.32 Å². The summed E-state index contributed by atoms with van der Waals surface area (Å²) < 4.78 is 5.57. The van der Waals surface area contributed by atoms with E-state index in [1.807, 2.05) is 18.0 Å². The van der Waals surface area contributed by atoms with E-state index in [4.69, 9.17) is 4.74 Å². The average Bonchev–Trinajstić information content (AvgIpc) is 2.38. The molecule has 0 saturated carbocycles. The molecule has 1 aromatic carbocycles. The lowest BCUT2D eigenvalue weighted by Gasteiger charge is -2.19. The maximum Gasteiger partial charge on any atom is 0.239 e. The first-order valence-electron chi connectivity index (χ1n) is 5.80. The molecule has 0 aliphatic heterocycles. The molecule has 0 aliphatic rings. The van der Waals surface area contributed by atoms with E-state index in [0.717, 1.165) is 12.0 Å². The zero-order valence-electron chi connectivity index (χ0n) is 11.0. The molecule has 1 rings (SSSR count). The van der Waals surface area contributed by atoms with Crippen molar-refractivity contribution in [2.45, 2.75) is 0 Å². The molecule has 0 unspecified atom stereocenters. The van der Waals surface area contributed by atoms with Gasteiger partial charge in [-0.05, 0) is 34.1 Å². The summed E-state index contributed by atoms with van der Waals surface area (Å²) in [6, 6.07) is 5.33. The first-order chi connectivity index (χ1) is 9.08. The van der Waals surface area contributed by atoms with Crippen molar-refractivity contribution in [3.63, 3.8) is 0 Å². The summed E-state index contributed by atoms with van der Waals surface area (Å²) in [6.45, 7) is 1.24. The Labute approximate surface area is 121 Å². The summed E-state index contributed by atoms with van der Waals surface area (Å²) in [5.41, 5.74) is 1.45. The summed E-state index contributed by atoms with van der Waals surface area (Å²) >= 11 is 3.32. The van der Waals surface area contributed by atoms with Crippen LogP contribution in [0.2, 0.25) is 0 Å². The number of nitrogens with one attached hydrogen (secondary N) is 1. The smallest absolute Gasteiger partial charge is 0.239 e. The number of hydrogen-bond acceptors (Lipinski definition) is 4. The van der Waals surface area contributed by atoms with Gasteiger partial charge in [0.15, 0.2) is 6.29 Å². The number of carbonyl (C=O) groups is 2. The molecule has 0 spiro atoms. The second-order valence-corrected chi connectivity index (χ2v) is 4.88. The Bertz CT molecular complexity index is 452. The second-order valence-electron chi connectivity index (χ2n) is 4.02. The van der Waals surface area contributed by atoms with Gasteiger partial charge >= 0.3 is 0 Å². The molecule has 1 amide bonds. The minimum Gasteiger partial charge on any atom is -0.383 e. The van der Waals surface area contributed by atoms with Gasteiger partial charge in [-0.1, -0.05) is 0 Å².